The molecule has 0 saturated carbocycles. The van der Waals surface area contributed by atoms with Crippen LogP contribution in [0.2, 0.25) is 0 Å². The minimum absolute atomic E-state index is 0.0303. The summed E-state index contributed by atoms with van der Waals surface area (Å²) in [6.07, 6.45) is 0.155. The van der Waals surface area contributed by atoms with E-state index >= 15 is 0 Å². The lowest BCUT2D eigenvalue weighted by molar-refractivity contribution is -0.384. The number of rotatable bonds is 9. The molecule has 1 N–H and O–H groups in total. The quantitative estimate of drug-likeness (QED) is 0.204. The Bertz CT molecular complexity index is 1650. The molecule has 0 bridgehead atoms. The van der Waals surface area contributed by atoms with Gasteiger partial charge in [-0.05, 0) is 56.7 Å². The van der Waals surface area contributed by atoms with E-state index in [-0.39, 0.29) is 28.9 Å². The SMILES string of the molecule is COc1ccc(-c2ccc3c(N4CCOCC4)nc(N4C[C@@H](C)O[C@@H](C)C4)nc3n2)cc1CN[C@H](C)c1ccc([N+](=O)[O-])cc1. The third-order valence-corrected chi connectivity index (χ3v) is 8.32. The number of aromatic nitrogens is 3. The van der Waals surface area contributed by atoms with Crippen molar-refractivity contribution in [3.63, 3.8) is 0 Å². The first kappa shape index (κ1) is 30.6. The summed E-state index contributed by atoms with van der Waals surface area (Å²) in [5.41, 5.74) is 4.40. The van der Waals surface area contributed by atoms with Gasteiger partial charge in [-0.3, -0.25) is 10.1 Å². The molecule has 0 unspecified atom stereocenters. The van der Waals surface area contributed by atoms with E-state index in [9.17, 15) is 10.1 Å². The summed E-state index contributed by atoms with van der Waals surface area (Å²) in [4.78, 5) is 30.2. The van der Waals surface area contributed by atoms with Gasteiger partial charge in [0.1, 0.15) is 11.6 Å². The first-order chi connectivity index (χ1) is 21.8. The maximum absolute atomic E-state index is 11.0. The molecule has 2 aliphatic rings. The molecule has 0 amide bonds. The number of pyridine rings is 1. The van der Waals surface area contributed by atoms with E-state index in [0.29, 0.717) is 44.4 Å². The number of nitro groups is 1. The van der Waals surface area contributed by atoms with Crippen LogP contribution in [0.1, 0.15) is 37.9 Å². The van der Waals surface area contributed by atoms with Crippen molar-refractivity contribution in [3.05, 3.63) is 75.8 Å². The van der Waals surface area contributed by atoms with E-state index in [4.69, 9.17) is 29.2 Å². The largest absolute Gasteiger partial charge is 0.496 e. The molecule has 3 atom stereocenters. The van der Waals surface area contributed by atoms with Crippen LogP contribution >= 0.6 is 0 Å². The standard InChI is InChI=1S/C33H39N7O5/c1-21-19-39(20-22(2)45-21)33-36-31-28(32(37-33)38-13-15-44-16-14-38)10-11-29(35-31)25-7-12-30(43-4)26(17-25)18-34-23(3)24-5-8-27(9-6-24)40(41)42/h5-12,17,21-23,34H,13-16,18-20H2,1-4H3/t21-,22+,23-/m1/s1. The second kappa shape index (κ2) is 13.3. The van der Waals surface area contributed by atoms with E-state index in [1.807, 2.05) is 25.1 Å². The highest BCUT2D eigenvalue weighted by molar-refractivity contribution is 5.90. The highest BCUT2D eigenvalue weighted by atomic mass is 16.6. The van der Waals surface area contributed by atoms with Gasteiger partial charge in [-0.1, -0.05) is 12.1 Å². The van der Waals surface area contributed by atoms with Gasteiger partial charge in [0.25, 0.3) is 5.69 Å². The van der Waals surface area contributed by atoms with Crippen molar-refractivity contribution in [2.45, 2.75) is 45.6 Å². The van der Waals surface area contributed by atoms with E-state index in [0.717, 1.165) is 52.4 Å². The average Bonchev–Trinajstić information content (AvgIpc) is 3.06. The Morgan fingerprint density at radius 2 is 1.73 bits per heavy atom. The van der Waals surface area contributed by atoms with Crippen molar-refractivity contribution in [2.24, 2.45) is 0 Å². The Hall–Kier alpha value is -4.39. The lowest BCUT2D eigenvalue weighted by atomic mass is 10.0. The van der Waals surface area contributed by atoms with Gasteiger partial charge < -0.3 is 29.3 Å². The van der Waals surface area contributed by atoms with Crippen LogP contribution in [-0.2, 0) is 16.0 Å². The molecule has 12 nitrogen and oxygen atoms in total. The third-order valence-electron chi connectivity index (χ3n) is 8.32. The Morgan fingerprint density at radius 3 is 2.42 bits per heavy atom. The van der Waals surface area contributed by atoms with Gasteiger partial charge in [0.15, 0.2) is 5.65 Å². The number of non-ortho nitro benzene ring substituents is 1. The van der Waals surface area contributed by atoms with Gasteiger partial charge in [-0.25, -0.2) is 4.98 Å². The molecule has 2 aromatic carbocycles. The minimum Gasteiger partial charge on any atom is -0.496 e. The second-order valence-corrected chi connectivity index (χ2v) is 11.7. The third kappa shape index (κ3) is 6.82. The fourth-order valence-corrected chi connectivity index (χ4v) is 5.98. The van der Waals surface area contributed by atoms with Crippen molar-refractivity contribution in [3.8, 4) is 17.0 Å². The molecule has 0 spiro atoms. The van der Waals surface area contributed by atoms with E-state index in [2.05, 4.69) is 41.1 Å². The number of benzene rings is 2. The lowest BCUT2D eigenvalue weighted by Gasteiger charge is -2.36. The molecule has 2 fully saturated rings. The average molecular weight is 614 g/mol. The van der Waals surface area contributed by atoms with Crippen molar-refractivity contribution in [2.75, 3.05) is 56.3 Å². The highest BCUT2D eigenvalue weighted by Crippen LogP contribution is 2.32. The number of fused-ring (bicyclic) bond motifs is 1. The number of nitrogens with zero attached hydrogens (tertiary/aromatic N) is 6. The first-order valence-electron chi connectivity index (χ1n) is 15.4. The van der Waals surface area contributed by atoms with Crippen LogP contribution in [-0.4, -0.2) is 78.6 Å². The molecule has 12 heteroatoms. The number of nitro benzene ring substituents is 1. The zero-order valence-electron chi connectivity index (χ0n) is 26.1. The van der Waals surface area contributed by atoms with Crippen LogP contribution in [0.15, 0.2) is 54.6 Å². The number of morpholine rings is 2. The van der Waals surface area contributed by atoms with Crippen LogP contribution in [0.25, 0.3) is 22.3 Å². The van der Waals surface area contributed by atoms with Crippen LogP contribution in [0, 0.1) is 10.1 Å². The van der Waals surface area contributed by atoms with Crippen LogP contribution < -0.4 is 19.9 Å². The highest BCUT2D eigenvalue weighted by Gasteiger charge is 2.27. The summed E-state index contributed by atoms with van der Waals surface area (Å²) in [6.45, 7) is 11.0. The number of methoxy groups -OCH3 is 1. The molecule has 236 valence electrons. The first-order valence-corrected chi connectivity index (χ1v) is 15.4. The lowest BCUT2D eigenvalue weighted by Crippen LogP contribution is -2.46. The molecule has 4 heterocycles. The summed E-state index contributed by atoms with van der Waals surface area (Å²) in [5, 5.41) is 15.5. The zero-order valence-corrected chi connectivity index (χ0v) is 26.1. The van der Waals surface area contributed by atoms with E-state index in [1.54, 1.807) is 19.2 Å². The molecule has 0 aliphatic carbocycles. The van der Waals surface area contributed by atoms with Crippen LogP contribution in [0.4, 0.5) is 17.5 Å². The predicted octanol–water partition coefficient (Wildman–Crippen LogP) is 4.91. The topological polar surface area (TPSA) is 128 Å². The van der Waals surface area contributed by atoms with E-state index in [1.165, 1.54) is 12.1 Å². The Kier molecular flexibility index (Phi) is 9.06. The molecule has 2 saturated heterocycles. The number of anilines is 2. The zero-order chi connectivity index (χ0) is 31.5. The summed E-state index contributed by atoms with van der Waals surface area (Å²) < 4.78 is 17.3. The molecule has 6 rings (SSSR count). The second-order valence-electron chi connectivity index (χ2n) is 11.7. The molecule has 4 aromatic rings. The minimum atomic E-state index is -0.390. The predicted molar refractivity (Wildman–Crippen MR) is 173 cm³/mol. The number of hydrogen-bond acceptors (Lipinski definition) is 11. The Balaban J connectivity index is 1.31. The van der Waals surface area contributed by atoms with Crippen molar-refractivity contribution >= 4 is 28.5 Å². The Morgan fingerprint density at radius 1 is 1.00 bits per heavy atom. The molecular formula is C33H39N7O5. The van der Waals surface area contributed by atoms with Gasteiger partial charge in [0.2, 0.25) is 5.95 Å². The molecular weight excluding hydrogens is 574 g/mol. The Labute approximate surface area is 262 Å². The van der Waals surface area contributed by atoms with Gasteiger partial charge in [-0.15, -0.1) is 0 Å². The van der Waals surface area contributed by atoms with Crippen LogP contribution in [0.5, 0.6) is 5.75 Å². The fraction of sp³-hybridized carbons (Fsp3) is 0.424. The number of ether oxygens (including phenoxy) is 3. The van der Waals surface area contributed by atoms with Gasteiger partial charge in [0, 0.05) is 62.0 Å². The number of hydrogen-bond donors (Lipinski definition) is 1. The van der Waals surface area contributed by atoms with Crippen molar-refractivity contribution < 1.29 is 19.1 Å². The van der Waals surface area contributed by atoms with Gasteiger partial charge in [-0.2, -0.15) is 9.97 Å². The maximum Gasteiger partial charge on any atom is 0.269 e. The summed E-state index contributed by atoms with van der Waals surface area (Å²) >= 11 is 0. The van der Waals surface area contributed by atoms with Gasteiger partial charge >= 0.3 is 0 Å². The molecule has 2 aromatic heterocycles. The van der Waals surface area contributed by atoms with Crippen molar-refractivity contribution in [1.29, 1.82) is 0 Å². The van der Waals surface area contributed by atoms with Crippen LogP contribution in [0.3, 0.4) is 0 Å². The summed E-state index contributed by atoms with van der Waals surface area (Å²) in [5.74, 6) is 2.30. The van der Waals surface area contributed by atoms with Crippen molar-refractivity contribution in [1.82, 2.24) is 20.3 Å². The monoisotopic (exact) mass is 613 g/mol. The van der Waals surface area contributed by atoms with E-state index < -0.39 is 0 Å². The maximum atomic E-state index is 11.0. The fourth-order valence-electron chi connectivity index (χ4n) is 5.98. The number of nitrogens with one attached hydrogen (secondary N) is 1. The molecule has 45 heavy (non-hydrogen) atoms. The molecule has 0 radical (unpaired) electrons. The smallest absolute Gasteiger partial charge is 0.269 e. The van der Waals surface area contributed by atoms with Gasteiger partial charge in [0.05, 0.1) is 48.5 Å². The normalized spacial score (nSPS) is 19.5. The molecule has 2 aliphatic heterocycles. The summed E-state index contributed by atoms with van der Waals surface area (Å²) in [6, 6.07) is 16.7. The summed E-state index contributed by atoms with van der Waals surface area (Å²) in [7, 11) is 1.66.